The van der Waals surface area contributed by atoms with E-state index in [-0.39, 0.29) is 11.9 Å². The maximum atomic E-state index is 9.32. The fourth-order valence-electron chi connectivity index (χ4n) is 2.47. The molecule has 1 atom stereocenters. The predicted octanol–water partition coefficient (Wildman–Crippen LogP) is 3.62. The Morgan fingerprint density at radius 2 is 1.81 bits per heavy atom. The van der Waals surface area contributed by atoms with Gasteiger partial charge < -0.3 is 20.5 Å². The molecule has 0 bridgehead atoms. The summed E-state index contributed by atoms with van der Waals surface area (Å²) < 4.78 is 5.89. The fourth-order valence-corrected chi connectivity index (χ4v) is 2.47. The van der Waals surface area contributed by atoms with Gasteiger partial charge in [0.1, 0.15) is 5.75 Å². The van der Waals surface area contributed by atoms with Crippen LogP contribution >= 0.6 is 0 Å². The summed E-state index contributed by atoms with van der Waals surface area (Å²) in [6, 6.07) is 17.4. The molecular formula is C21H29N3O2. The van der Waals surface area contributed by atoms with Crippen molar-refractivity contribution in [3.05, 3.63) is 65.7 Å². The third-order valence-electron chi connectivity index (χ3n) is 3.95. The predicted molar refractivity (Wildman–Crippen MR) is 106 cm³/mol. The Morgan fingerprint density at radius 1 is 1.08 bits per heavy atom. The molecule has 0 aromatic heterocycles. The van der Waals surface area contributed by atoms with E-state index in [1.165, 1.54) is 5.56 Å². The Balaban J connectivity index is 1.70. The molecule has 0 saturated heterocycles. The molecule has 5 heteroatoms. The van der Waals surface area contributed by atoms with Crippen LogP contribution in [0.15, 0.2) is 59.6 Å². The Hall–Kier alpha value is -2.53. The minimum Gasteiger partial charge on any atom is -0.508 e. The summed E-state index contributed by atoms with van der Waals surface area (Å²) in [7, 11) is 0. The van der Waals surface area contributed by atoms with Gasteiger partial charge in [-0.2, -0.15) is 0 Å². The smallest absolute Gasteiger partial charge is 0.191 e. The number of nitrogens with one attached hydrogen (secondary N) is 2. The Bertz CT molecular complexity index is 657. The van der Waals surface area contributed by atoms with Crippen molar-refractivity contribution in [3.63, 3.8) is 0 Å². The third kappa shape index (κ3) is 7.15. The molecule has 0 amide bonds. The lowest BCUT2D eigenvalue weighted by molar-refractivity contribution is 0.0646. The molecular weight excluding hydrogens is 326 g/mol. The Kier molecular flexibility index (Phi) is 8.49. The van der Waals surface area contributed by atoms with Gasteiger partial charge in [0.25, 0.3) is 0 Å². The number of aromatic hydroxyl groups is 1. The number of guanidine groups is 1. The molecule has 26 heavy (non-hydrogen) atoms. The van der Waals surface area contributed by atoms with Crippen molar-refractivity contribution >= 4 is 5.96 Å². The summed E-state index contributed by atoms with van der Waals surface area (Å²) >= 11 is 0. The van der Waals surface area contributed by atoms with Gasteiger partial charge in [-0.3, -0.25) is 0 Å². The molecule has 0 aliphatic heterocycles. The van der Waals surface area contributed by atoms with Crippen molar-refractivity contribution in [2.45, 2.75) is 32.9 Å². The van der Waals surface area contributed by atoms with Gasteiger partial charge in [-0.25, -0.2) is 4.99 Å². The summed E-state index contributed by atoms with van der Waals surface area (Å²) in [5, 5.41) is 15.9. The largest absolute Gasteiger partial charge is 0.508 e. The monoisotopic (exact) mass is 355 g/mol. The van der Waals surface area contributed by atoms with Gasteiger partial charge in [-0.05, 0) is 43.5 Å². The second-order valence-corrected chi connectivity index (χ2v) is 6.07. The van der Waals surface area contributed by atoms with Gasteiger partial charge in [0, 0.05) is 19.7 Å². The fraction of sp³-hybridized carbons (Fsp3) is 0.381. The topological polar surface area (TPSA) is 65.9 Å². The van der Waals surface area contributed by atoms with Gasteiger partial charge in [0.15, 0.2) is 5.96 Å². The maximum absolute atomic E-state index is 9.32. The molecule has 0 heterocycles. The normalized spacial score (nSPS) is 12.6. The van der Waals surface area contributed by atoms with Crippen LogP contribution in [0.4, 0.5) is 0 Å². The average Bonchev–Trinajstić information content (AvgIpc) is 2.67. The van der Waals surface area contributed by atoms with Crippen LogP contribution in [-0.4, -0.2) is 30.8 Å². The van der Waals surface area contributed by atoms with E-state index in [4.69, 9.17) is 4.74 Å². The number of hydrogen-bond donors (Lipinski definition) is 3. The molecule has 2 aromatic rings. The minimum atomic E-state index is 0.104. The highest BCUT2D eigenvalue weighted by Gasteiger charge is 2.04. The zero-order chi connectivity index (χ0) is 18.6. The second-order valence-electron chi connectivity index (χ2n) is 6.07. The van der Waals surface area contributed by atoms with E-state index in [0.717, 1.165) is 31.0 Å². The zero-order valence-electron chi connectivity index (χ0n) is 15.6. The van der Waals surface area contributed by atoms with E-state index in [0.29, 0.717) is 13.2 Å². The number of phenols is 1. The van der Waals surface area contributed by atoms with Crippen molar-refractivity contribution in [3.8, 4) is 5.75 Å². The molecule has 0 aliphatic carbocycles. The zero-order valence-corrected chi connectivity index (χ0v) is 15.6. The van der Waals surface area contributed by atoms with Crippen LogP contribution in [0.25, 0.3) is 0 Å². The molecule has 3 N–H and O–H groups in total. The molecule has 140 valence electrons. The van der Waals surface area contributed by atoms with Crippen LogP contribution in [0, 0.1) is 0 Å². The summed E-state index contributed by atoms with van der Waals surface area (Å²) in [6.07, 6.45) is 1.01. The maximum Gasteiger partial charge on any atom is 0.191 e. The standard InChI is InChI=1S/C21H29N3O2/c1-3-22-21(24-16-18-10-12-20(25)13-11-18)23-14-7-15-26-17(2)19-8-5-4-6-9-19/h4-6,8-13,17,25H,3,7,14-16H2,1-2H3,(H2,22,23,24). The van der Waals surface area contributed by atoms with E-state index >= 15 is 0 Å². The first-order valence-corrected chi connectivity index (χ1v) is 9.15. The number of hydrogen-bond acceptors (Lipinski definition) is 3. The molecule has 0 radical (unpaired) electrons. The molecule has 0 fully saturated rings. The summed E-state index contributed by atoms with van der Waals surface area (Å²) in [5.41, 5.74) is 2.25. The first-order valence-electron chi connectivity index (χ1n) is 9.15. The van der Waals surface area contributed by atoms with Crippen LogP contribution in [0.2, 0.25) is 0 Å². The molecule has 5 nitrogen and oxygen atoms in total. The summed E-state index contributed by atoms with van der Waals surface area (Å²) in [5.74, 6) is 1.06. The number of ether oxygens (including phenoxy) is 1. The number of aliphatic imine (C=N–C) groups is 1. The van der Waals surface area contributed by atoms with E-state index < -0.39 is 0 Å². The summed E-state index contributed by atoms with van der Waals surface area (Å²) in [4.78, 5) is 4.57. The second kappa shape index (κ2) is 11.2. The van der Waals surface area contributed by atoms with E-state index in [1.54, 1.807) is 12.1 Å². The van der Waals surface area contributed by atoms with Crippen LogP contribution < -0.4 is 10.6 Å². The molecule has 1 unspecified atom stereocenters. The average molecular weight is 355 g/mol. The molecule has 2 aromatic carbocycles. The van der Waals surface area contributed by atoms with Gasteiger partial charge in [-0.1, -0.05) is 42.5 Å². The quantitative estimate of drug-likeness (QED) is 0.365. The van der Waals surface area contributed by atoms with E-state index in [2.05, 4.69) is 34.7 Å². The minimum absolute atomic E-state index is 0.104. The number of rotatable bonds is 9. The number of benzene rings is 2. The van der Waals surface area contributed by atoms with Gasteiger partial charge >= 0.3 is 0 Å². The highest BCUT2D eigenvalue weighted by molar-refractivity contribution is 5.79. The Labute approximate surface area is 156 Å². The van der Waals surface area contributed by atoms with Gasteiger partial charge in [-0.15, -0.1) is 0 Å². The highest BCUT2D eigenvalue weighted by Crippen LogP contribution is 2.15. The Morgan fingerprint density at radius 3 is 2.50 bits per heavy atom. The van der Waals surface area contributed by atoms with Crippen molar-refractivity contribution in [1.29, 1.82) is 0 Å². The number of nitrogens with zero attached hydrogens (tertiary/aromatic N) is 1. The van der Waals surface area contributed by atoms with Gasteiger partial charge in [0.2, 0.25) is 0 Å². The van der Waals surface area contributed by atoms with Crippen LogP contribution in [0.3, 0.4) is 0 Å². The number of phenolic OH excluding ortho intramolecular Hbond substituents is 1. The van der Waals surface area contributed by atoms with Crippen LogP contribution in [-0.2, 0) is 11.3 Å². The van der Waals surface area contributed by atoms with E-state index in [1.807, 2.05) is 37.3 Å². The van der Waals surface area contributed by atoms with Crippen molar-refractivity contribution < 1.29 is 9.84 Å². The van der Waals surface area contributed by atoms with E-state index in [9.17, 15) is 5.11 Å². The highest BCUT2D eigenvalue weighted by atomic mass is 16.5. The third-order valence-corrected chi connectivity index (χ3v) is 3.95. The van der Waals surface area contributed by atoms with Crippen LogP contribution in [0.5, 0.6) is 5.75 Å². The van der Waals surface area contributed by atoms with Crippen molar-refractivity contribution in [1.82, 2.24) is 10.6 Å². The molecule has 0 saturated carbocycles. The molecule has 2 rings (SSSR count). The lowest BCUT2D eigenvalue weighted by Crippen LogP contribution is -2.38. The van der Waals surface area contributed by atoms with Crippen LogP contribution in [0.1, 0.15) is 37.5 Å². The first-order chi connectivity index (χ1) is 12.7. The lowest BCUT2D eigenvalue weighted by atomic mass is 10.1. The van der Waals surface area contributed by atoms with Gasteiger partial charge in [0.05, 0.1) is 12.6 Å². The molecule has 0 spiro atoms. The van der Waals surface area contributed by atoms with Crippen molar-refractivity contribution in [2.75, 3.05) is 19.7 Å². The molecule has 0 aliphatic rings. The first kappa shape index (κ1) is 19.8. The SMILES string of the molecule is CCNC(=NCc1ccc(O)cc1)NCCCOC(C)c1ccccc1. The van der Waals surface area contributed by atoms with Crippen molar-refractivity contribution in [2.24, 2.45) is 4.99 Å². The lowest BCUT2D eigenvalue weighted by Gasteiger charge is -2.14. The summed E-state index contributed by atoms with van der Waals surface area (Å²) in [6.45, 7) is 6.98.